The number of rotatable bonds is 3. The molecule has 0 aliphatic carbocycles. The lowest BCUT2D eigenvalue weighted by atomic mass is 9.82. The summed E-state index contributed by atoms with van der Waals surface area (Å²) < 4.78 is 6.33. The highest BCUT2D eigenvalue weighted by atomic mass is 16.3. The molecule has 2 heteroatoms. The van der Waals surface area contributed by atoms with Crippen molar-refractivity contribution in [2.75, 3.05) is 0 Å². The van der Waals surface area contributed by atoms with Crippen molar-refractivity contribution in [3.63, 3.8) is 0 Å². The molecule has 29 heavy (non-hydrogen) atoms. The van der Waals surface area contributed by atoms with Gasteiger partial charge >= 0.3 is 0 Å². The minimum absolute atomic E-state index is 0.525. The van der Waals surface area contributed by atoms with Crippen LogP contribution in [0.15, 0.2) is 83.3 Å². The van der Waals surface area contributed by atoms with Gasteiger partial charge in [-0.3, -0.25) is 4.90 Å². The first-order valence-corrected chi connectivity index (χ1v) is 10.8. The van der Waals surface area contributed by atoms with Crippen LogP contribution in [-0.2, 0) is 6.54 Å². The summed E-state index contributed by atoms with van der Waals surface area (Å²) in [6, 6.07) is 27.1. The zero-order valence-corrected chi connectivity index (χ0v) is 16.6. The van der Waals surface area contributed by atoms with Gasteiger partial charge in [-0.2, -0.15) is 0 Å². The smallest absolute Gasteiger partial charge is 0.142 e. The monoisotopic (exact) mass is 379 g/mol. The molecule has 1 aromatic heterocycles. The second kappa shape index (κ2) is 6.89. The molecule has 2 aliphatic heterocycles. The standard InChI is InChI=1S/C27H25NO/c1-2-8-19(9-3-1)18-28-21-10-6-11-22(28)17-20(16-21)23-13-7-14-25-24-12-4-5-15-26(24)29-27(23)25/h1-5,7-9,12-16,21-22H,6,10-11,17-18H2. The maximum absolute atomic E-state index is 6.33. The fraction of sp³-hybridized carbons (Fsp3) is 0.259. The molecule has 2 unspecified atom stereocenters. The van der Waals surface area contributed by atoms with Crippen LogP contribution in [0.2, 0.25) is 0 Å². The number of piperidine rings is 1. The van der Waals surface area contributed by atoms with Crippen molar-refractivity contribution < 1.29 is 4.42 Å². The van der Waals surface area contributed by atoms with Gasteiger partial charge in [0.05, 0.1) is 0 Å². The third-order valence-corrected chi connectivity index (χ3v) is 6.74. The van der Waals surface area contributed by atoms with E-state index >= 15 is 0 Å². The third-order valence-electron chi connectivity index (χ3n) is 6.74. The lowest BCUT2D eigenvalue weighted by Gasteiger charge is -2.45. The van der Waals surface area contributed by atoms with Gasteiger partial charge in [-0.25, -0.2) is 0 Å². The second-order valence-corrected chi connectivity index (χ2v) is 8.49. The first-order chi connectivity index (χ1) is 14.4. The Hall–Kier alpha value is -2.84. The Labute approximate surface area is 171 Å². The number of furan rings is 1. The van der Waals surface area contributed by atoms with Gasteiger partial charge in [-0.15, -0.1) is 0 Å². The van der Waals surface area contributed by atoms with Crippen LogP contribution in [0.4, 0.5) is 0 Å². The first kappa shape index (κ1) is 17.1. The van der Waals surface area contributed by atoms with Gasteiger partial charge in [0, 0.05) is 35.0 Å². The molecule has 3 aromatic carbocycles. The molecular weight excluding hydrogens is 354 g/mol. The highest BCUT2D eigenvalue weighted by Crippen LogP contribution is 2.41. The van der Waals surface area contributed by atoms with Crippen LogP contribution in [0, 0.1) is 0 Å². The summed E-state index contributed by atoms with van der Waals surface area (Å²) in [5.41, 5.74) is 6.20. The van der Waals surface area contributed by atoms with Crippen LogP contribution < -0.4 is 0 Å². The summed E-state index contributed by atoms with van der Waals surface area (Å²) >= 11 is 0. The number of hydrogen-bond acceptors (Lipinski definition) is 2. The molecule has 4 aromatic rings. The maximum Gasteiger partial charge on any atom is 0.142 e. The minimum atomic E-state index is 0.525. The molecule has 6 rings (SSSR count). The molecule has 1 saturated heterocycles. The van der Waals surface area contributed by atoms with Crippen molar-refractivity contribution in [1.82, 2.24) is 4.90 Å². The summed E-state index contributed by atoms with van der Waals surface area (Å²) in [5, 5.41) is 2.45. The largest absolute Gasteiger partial charge is 0.455 e. The lowest BCUT2D eigenvalue weighted by Crippen LogP contribution is -2.47. The first-order valence-electron chi connectivity index (χ1n) is 10.8. The molecule has 0 saturated carbocycles. The van der Waals surface area contributed by atoms with Crippen LogP contribution in [0.5, 0.6) is 0 Å². The molecule has 3 heterocycles. The Morgan fingerprint density at radius 3 is 2.55 bits per heavy atom. The van der Waals surface area contributed by atoms with Crippen molar-refractivity contribution in [3.8, 4) is 0 Å². The fourth-order valence-electron chi connectivity index (χ4n) is 5.36. The Morgan fingerprint density at radius 2 is 1.66 bits per heavy atom. The van der Waals surface area contributed by atoms with Crippen LogP contribution in [-0.4, -0.2) is 17.0 Å². The second-order valence-electron chi connectivity index (χ2n) is 8.49. The van der Waals surface area contributed by atoms with E-state index in [-0.39, 0.29) is 0 Å². The number of benzene rings is 3. The molecule has 0 radical (unpaired) electrons. The van der Waals surface area contributed by atoms with Crippen molar-refractivity contribution in [1.29, 1.82) is 0 Å². The van der Waals surface area contributed by atoms with Gasteiger partial charge in [-0.1, -0.05) is 79.2 Å². The highest BCUT2D eigenvalue weighted by Gasteiger charge is 2.34. The topological polar surface area (TPSA) is 16.4 Å². The summed E-state index contributed by atoms with van der Waals surface area (Å²) in [6.07, 6.45) is 7.51. The van der Waals surface area contributed by atoms with Gasteiger partial charge in [0.1, 0.15) is 11.2 Å². The van der Waals surface area contributed by atoms with Gasteiger partial charge in [-0.05, 0) is 36.5 Å². The lowest BCUT2D eigenvalue weighted by molar-refractivity contribution is 0.0951. The fourth-order valence-corrected chi connectivity index (χ4v) is 5.36. The normalized spacial score (nSPS) is 22.1. The molecule has 0 amide bonds. The summed E-state index contributed by atoms with van der Waals surface area (Å²) in [7, 11) is 0. The molecule has 144 valence electrons. The van der Waals surface area contributed by atoms with E-state index in [9.17, 15) is 0 Å². The van der Waals surface area contributed by atoms with E-state index in [1.165, 1.54) is 46.7 Å². The highest BCUT2D eigenvalue weighted by molar-refractivity contribution is 6.08. The van der Waals surface area contributed by atoms with E-state index in [2.05, 4.69) is 83.8 Å². The van der Waals surface area contributed by atoms with Gasteiger partial charge < -0.3 is 4.42 Å². The van der Waals surface area contributed by atoms with Crippen molar-refractivity contribution >= 4 is 27.5 Å². The maximum atomic E-state index is 6.33. The molecule has 0 N–H and O–H groups in total. The van der Waals surface area contributed by atoms with Gasteiger partial charge in [0.15, 0.2) is 0 Å². The van der Waals surface area contributed by atoms with Crippen LogP contribution in [0.3, 0.4) is 0 Å². The molecule has 2 atom stereocenters. The predicted molar refractivity (Wildman–Crippen MR) is 120 cm³/mol. The van der Waals surface area contributed by atoms with Crippen molar-refractivity contribution in [2.24, 2.45) is 0 Å². The van der Waals surface area contributed by atoms with E-state index in [4.69, 9.17) is 4.42 Å². The van der Waals surface area contributed by atoms with Crippen molar-refractivity contribution in [3.05, 3.63) is 90.0 Å². The average Bonchev–Trinajstić information content (AvgIpc) is 3.13. The number of fused-ring (bicyclic) bond motifs is 5. The average molecular weight is 380 g/mol. The number of para-hydroxylation sites is 2. The number of hydrogen-bond donors (Lipinski definition) is 0. The molecule has 2 nitrogen and oxygen atoms in total. The van der Waals surface area contributed by atoms with Crippen LogP contribution >= 0.6 is 0 Å². The van der Waals surface area contributed by atoms with Gasteiger partial charge in [0.25, 0.3) is 0 Å². The van der Waals surface area contributed by atoms with E-state index in [1.54, 1.807) is 0 Å². The van der Waals surface area contributed by atoms with E-state index < -0.39 is 0 Å². The molecule has 1 fully saturated rings. The van der Waals surface area contributed by atoms with Crippen LogP contribution in [0.1, 0.15) is 36.8 Å². The summed E-state index contributed by atoms with van der Waals surface area (Å²) in [6.45, 7) is 1.05. The summed E-state index contributed by atoms with van der Waals surface area (Å²) in [5.74, 6) is 0. The molecule has 2 aliphatic rings. The predicted octanol–water partition coefficient (Wildman–Crippen LogP) is 6.80. The quantitative estimate of drug-likeness (QED) is 0.389. The Morgan fingerprint density at radius 1 is 0.828 bits per heavy atom. The SMILES string of the molecule is C1=C(c2cccc3c2oc2ccccc23)CC2CCCC1N2Cc1ccccc1. The van der Waals surface area contributed by atoms with Crippen molar-refractivity contribution in [2.45, 2.75) is 44.3 Å². The Bertz CT molecular complexity index is 1200. The Kier molecular flexibility index (Phi) is 4.05. The minimum Gasteiger partial charge on any atom is -0.455 e. The zero-order valence-electron chi connectivity index (χ0n) is 16.6. The number of nitrogens with zero attached hydrogens (tertiary/aromatic N) is 1. The molecular formula is C27H25NO. The zero-order chi connectivity index (χ0) is 19.2. The van der Waals surface area contributed by atoms with E-state index in [0.29, 0.717) is 12.1 Å². The van der Waals surface area contributed by atoms with Crippen LogP contribution in [0.25, 0.3) is 27.5 Å². The Balaban J connectivity index is 1.41. The van der Waals surface area contributed by atoms with E-state index in [0.717, 1.165) is 24.1 Å². The molecule has 0 spiro atoms. The summed E-state index contributed by atoms with van der Waals surface area (Å²) in [4.78, 5) is 2.72. The van der Waals surface area contributed by atoms with E-state index in [1.807, 2.05) is 0 Å². The van der Waals surface area contributed by atoms with Gasteiger partial charge in [0.2, 0.25) is 0 Å². The third kappa shape index (κ3) is 2.90. The molecule has 2 bridgehead atoms.